The zero-order chi connectivity index (χ0) is 15.0. The van der Waals surface area contributed by atoms with Crippen LogP contribution in [0.3, 0.4) is 0 Å². The lowest BCUT2D eigenvalue weighted by Gasteiger charge is -2.10. The summed E-state index contributed by atoms with van der Waals surface area (Å²) in [6.45, 7) is 1.93. The van der Waals surface area contributed by atoms with Crippen molar-refractivity contribution >= 4 is 22.8 Å². The van der Waals surface area contributed by atoms with E-state index < -0.39 is 5.97 Å². The predicted octanol–water partition coefficient (Wildman–Crippen LogP) is 2.72. The van der Waals surface area contributed by atoms with Crippen molar-refractivity contribution < 1.29 is 19.1 Å². The first-order valence-corrected chi connectivity index (χ1v) is 7.07. The number of aliphatic carboxylic acids is 1. The number of amides is 1. The molecule has 21 heavy (non-hydrogen) atoms. The minimum atomic E-state index is -0.786. The van der Waals surface area contributed by atoms with E-state index in [4.69, 9.17) is 9.52 Å². The molecule has 0 aliphatic heterocycles. The van der Waals surface area contributed by atoms with Gasteiger partial charge in [0.2, 0.25) is 0 Å². The number of furan rings is 1. The summed E-state index contributed by atoms with van der Waals surface area (Å²) in [5.41, 5.74) is 1.70. The molecule has 1 fully saturated rings. The minimum absolute atomic E-state index is 0.0899. The Morgan fingerprint density at radius 2 is 2.14 bits per heavy atom. The van der Waals surface area contributed by atoms with Crippen LogP contribution >= 0.6 is 0 Å². The second-order valence-corrected chi connectivity index (χ2v) is 5.62. The van der Waals surface area contributed by atoms with Gasteiger partial charge < -0.3 is 14.8 Å². The Kier molecular flexibility index (Phi) is 3.41. The van der Waals surface area contributed by atoms with Crippen LogP contribution in [0.5, 0.6) is 0 Å². The van der Waals surface area contributed by atoms with E-state index in [-0.39, 0.29) is 23.6 Å². The van der Waals surface area contributed by atoms with Crippen molar-refractivity contribution in [2.45, 2.75) is 32.2 Å². The van der Waals surface area contributed by atoms with Crippen LogP contribution < -0.4 is 5.32 Å². The molecule has 1 amide bonds. The third-order valence-electron chi connectivity index (χ3n) is 4.08. The molecule has 1 heterocycles. The van der Waals surface area contributed by atoms with Gasteiger partial charge in [-0.05, 0) is 37.8 Å². The van der Waals surface area contributed by atoms with E-state index in [0.29, 0.717) is 19.3 Å². The van der Waals surface area contributed by atoms with Crippen molar-refractivity contribution in [3.8, 4) is 0 Å². The molecule has 0 saturated heterocycles. The van der Waals surface area contributed by atoms with E-state index in [2.05, 4.69) is 5.32 Å². The van der Waals surface area contributed by atoms with Crippen molar-refractivity contribution in [1.29, 1.82) is 0 Å². The van der Waals surface area contributed by atoms with Gasteiger partial charge in [0.1, 0.15) is 5.58 Å². The lowest BCUT2D eigenvalue weighted by Crippen LogP contribution is -2.33. The molecule has 5 heteroatoms. The first-order valence-electron chi connectivity index (χ1n) is 7.07. The van der Waals surface area contributed by atoms with Gasteiger partial charge in [0.25, 0.3) is 5.91 Å². The van der Waals surface area contributed by atoms with E-state index >= 15 is 0 Å². The van der Waals surface area contributed by atoms with Crippen molar-refractivity contribution in [2.75, 3.05) is 0 Å². The van der Waals surface area contributed by atoms with Crippen LogP contribution in [0.1, 0.15) is 35.4 Å². The maximum absolute atomic E-state index is 12.2. The fraction of sp³-hybridized carbons (Fsp3) is 0.375. The number of carbonyl (C=O) groups is 2. The summed E-state index contributed by atoms with van der Waals surface area (Å²) in [7, 11) is 0. The molecule has 1 aliphatic carbocycles. The zero-order valence-corrected chi connectivity index (χ0v) is 11.8. The molecule has 2 atom stereocenters. The average Bonchev–Trinajstić information content (AvgIpc) is 3.05. The molecule has 2 aromatic rings. The number of rotatable bonds is 3. The van der Waals surface area contributed by atoms with Crippen LogP contribution in [-0.4, -0.2) is 23.0 Å². The summed E-state index contributed by atoms with van der Waals surface area (Å²) in [6.07, 6.45) is 1.79. The molecule has 0 spiro atoms. The van der Waals surface area contributed by atoms with E-state index in [0.717, 1.165) is 16.5 Å². The van der Waals surface area contributed by atoms with E-state index in [1.165, 1.54) is 0 Å². The number of fused-ring (bicyclic) bond motifs is 1. The monoisotopic (exact) mass is 287 g/mol. The molecule has 0 unspecified atom stereocenters. The van der Waals surface area contributed by atoms with Gasteiger partial charge in [0, 0.05) is 11.4 Å². The third-order valence-corrected chi connectivity index (χ3v) is 4.08. The first kappa shape index (κ1) is 13.7. The second kappa shape index (κ2) is 5.24. The minimum Gasteiger partial charge on any atom is -0.481 e. The first-order chi connectivity index (χ1) is 10.0. The van der Waals surface area contributed by atoms with Gasteiger partial charge in [0.15, 0.2) is 5.76 Å². The van der Waals surface area contributed by atoms with Gasteiger partial charge in [-0.2, -0.15) is 0 Å². The summed E-state index contributed by atoms with van der Waals surface area (Å²) in [5, 5.41) is 12.7. The Hall–Kier alpha value is -2.30. The molecular formula is C16H17NO4. The predicted molar refractivity (Wildman–Crippen MR) is 77.2 cm³/mol. The number of nitrogens with one attached hydrogen (secondary N) is 1. The molecule has 5 nitrogen and oxygen atoms in total. The lowest BCUT2D eigenvalue weighted by atomic mass is 10.1. The molecule has 3 rings (SSSR count). The molecule has 1 saturated carbocycles. The fourth-order valence-corrected chi connectivity index (χ4v) is 2.91. The highest BCUT2D eigenvalue weighted by atomic mass is 16.4. The number of aryl methyl sites for hydroxylation is 1. The zero-order valence-electron chi connectivity index (χ0n) is 11.8. The van der Waals surface area contributed by atoms with Crippen molar-refractivity contribution in [1.82, 2.24) is 5.32 Å². The molecular weight excluding hydrogens is 270 g/mol. The van der Waals surface area contributed by atoms with Gasteiger partial charge in [-0.25, -0.2) is 0 Å². The standard InChI is InChI=1S/C16H17NO4/c1-9-3-2-4-10-8-13(21-14(9)10)15(18)17-12-6-5-11(7-12)16(19)20/h2-4,8,11-12H,5-7H2,1H3,(H,17,18)(H,19,20)/t11-,12+/m1/s1. The SMILES string of the molecule is Cc1cccc2cc(C(=O)N[C@H]3CC[C@@H](C(=O)O)C3)oc12. The molecule has 0 bridgehead atoms. The van der Waals surface area contributed by atoms with Gasteiger partial charge in [0.05, 0.1) is 5.92 Å². The maximum atomic E-state index is 12.2. The molecule has 1 aromatic heterocycles. The Bertz CT molecular complexity index is 703. The van der Waals surface area contributed by atoms with Crippen molar-refractivity contribution in [2.24, 2.45) is 5.92 Å². The van der Waals surface area contributed by atoms with Crippen LogP contribution in [0.4, 0.5) is 0 Å². The number of carboxylic acids is 1. The average molecular weight is 287 g/mol. The highest BCUT2D eigenvalue weighted by Gasteiger charge is 2.31. The quantitative estimate of drug-likeness (QED) is 0.909. The molecule has 2 N–H and O–H groups in total. The number of para-hydroxylation sites is 1. The largest absolute Gasteiger partial charge is 0.481 e. The Labute approximate surface area is 121 Å². The lowest BCUT2D eigenvalue weighted by molar-refractivity contribution is -0.141. The summed E-state index contributed by atoms with van der Waals surface area (Å²) in [5.74, 6) is -1.14. The highest BCUT2D eigenvalue weighted by Crippen LogP contribution is 2.27. The number of carboxylic acid groups (broad SMARTS) is 1. The summed E-state index contributed by atoms with van der Waals surface area (Å²) < 4.78 is 5.62. The molecule has 1 aromatic carbocycles. The summed E-state index contributed by atoms with van der Waals surface area (Å²) >= 11 is 0. The van der Waals surface area contributed by atoms with Crippen LogP contribution in [0, 0.1) is 12.8 Å². The van der Waals surface area contributed by atoms with Crippen LogP contribution in [0.25, 0.3) is 11.0 Å². The Morgan fingerprint density at radius 3 is 2.81 bits per heavy atom. The maximum Gasteiger partial charge on any atom is 0.306 e. The van der Waals surface area contributed by atoms with Gasteiger partial charge in [-0.1, -0.05) is 18.2 Å². The van der Waals surface area contributed by atoms with E-state index in [1.54, 1.807) is 6.07 Å². The van der Waals surface area contributed by atoms with E-state index in [9.17, 15) is 9.59 Å². The highest BCUT2D eigenvalue weighted by molar-refractivity contribution is 5.96. The van der Waals surface area contributed by atoms with Gasteiger partial charge >= 0.3 is 5.97 Å². The van der Waals surface area contributed by atoms with Gasteiger partial charge in [-0.15, -0.1) is 0 Å². The Morgan fingerprint density at radius 1 is 1.33 bits per heavy atom. The Balaban J connectivity index is 1.73. The van der Waals surface area contributed by atoms with E-state index in [1.807, 2.05) is 25.1 Å². The second-order valence-electron chi connectivity index (χ2n) is 5.62. The number of hydrogen-bond donors (Lipinski definition) is 2. The number of benzene rings is 1. The third kappa shape index (κ3) is 2.63. The van der Waals surface area contributed by atoms with Crippen molar-refractivity contribution in [3.63, 3.8) is 0 Å². The van der Waals surface area contributed by atoms with Crippen LogP contribution in [0.2, 0.25) is 0 Å². The molecule has 110 valence electrons. The normalized spacial score (nSPS) is 21.6. The van der Waals surface area contributed by atoms with Gasteiger partial charge in [-0.3, -0.25) is 9.59 Å². The molecule has 0 radical (unpaired) electrons. The fourth-order valence-electron chi connectivity index (χ4n) is 2.91. The van der Waals surface area contributed by atoms with Crippen LogP contribution in [0.15, 0.2) is 28.7 Å². The van der Waals surface area contributed by atoms with Crippen molar-refractivity contribution in [3.05, 3.63) is 35.6 Å². The van der Waals surface area contributed by atoms with Crippen LogP contribution in [-0.2, 0) is 4.79 Å². The number of carbonyl (C=O) groups excluding carboxylic acids is 1. The summed E-state index contributed by atoms with van der Waals surface area (Å²) in [4.78, 5) is 23.1. The number of hydrogen-bond acceptors (Lipinski definition) is 3. The smallest absolute Gasteiger partial charge is 0.306 e. The summed E-state index contributed by atoms with van der Waals surface area (Å²) in [6, 6.07) is 7.39. The topological polar surface area (TPSA) is 79.5 Å². The molecule has 1 aliphatic rings.